The van der Waals surface area contributed by atoms with Crippen LogP contribution in [0.2, 0.25) is 0 Å². The van der Waals surface area contributed by atoms with Crippen LogP contribution in [0.1, 0.15) is 19.4 Å². The first-order valence-corrected chi connectivity index (χ1v) is 8.63. The van der Waals surface area contributed by atoms with E-state index in [1.54, 1.807) is 6.92 Å². The summed E-state index contributed by atoms with van der Waals surface area (Å²) in [6.07, 6.45) is -1.37. The maximum Gasteiger partial charge on any atom is 0.328 e. The number of hydrogen-bond acceptors (Lipinski definition) is 6. The first-order valence-electron chi connectivity index (χ1n) is 7.48. The molecule has 0 aliphatic rings. The van der Waals surface area contributed by atoms with Gasteiger partial charge in [0.05, 0.1) is 6.61 Å². The Balaban J connectivity index is 2.35. The van der Waals surface area contributed by atoms with Gasteiger partial charge in [-0.15, -0.1) is 0 Å². The topological polar surface area (TPSA) is 102 Å². The molecule has 0 saturated heterocycles. The molecule has 0 bridgehead atoms. The molecule has 6 nitrogen and oxygen atoms in total. The lowest BCUT2D eigenvalue weighted by Crippen LogP contribution is -2.51. The van der Waals surface area contributed by atoms with Gasteiger partial charge in [0, 0.05) is 17.5 Å². The van der Waals surface area contributed by atoms with Gasteiger partial charge in [0.1, 0.15) is 12.1 Å². The number of aliphatic hydroxyl groups is 1. The Morgan fingerprint density at radius 2 is 2.00 bits per heavy atom. The third-order valence-electron chi connectivity index (χ3n) is 3.09. The van der Waals surface area contributed by atoms with Crippen molar-refractivity contribution < 1.29 is 19.4 Å². The fraction of sp³-hybridized carbons (Fsp3) is 0.500. The molecule has 0 aromatic heterocycles. The molecule has 128 valence electrons. The molecule has 0 fully saturated rings. The van der Waals surface area contributed by atoms with Crippen molar-refractivity contribution in [3.05, 3.63) is 35.9 Å². The summed E-state index contributed by atoms with van der Waals surface area (Å²) in [4.78, 5) is 23.3. The largest absolute Gasteiger partial charge is 0.464 e. The van der Waals surface area contributed by atoms with E-state index in [4.69, 9.17) is 10.5 Å². The zero-order chi connectivity index (χ0) is 17.2. The Bertz CT molecular complexity index is 498. The second-order valence-corrected chi connectivity index (χ2v) is 6.12. The maximum absolute atomic E-state index is 11.9. The number of carbonyl (C=O) groups excluding carboxylic acids is 2. The minimum absolute atomic E-state index is 0.233. The molecular formula is C16H24N2O4S. The lowest BCUT2D eigenvalue weighted by Gasteiger charge is -2.20. The summed E-state index contributed by atoms with van der Waals surface area (Å²) in [6, 6.07) is 8.33. The molecular weight excluding hydrogens is 316 g/mol. The highest BCUT2D eigenvalue weighted by atomic mass is 32.2. The van der Waals surface area contributed by atoms with E-state index in [9.17, 15) is 14.7 Å². The van der Waals surface area contributed by atoms with Gasteiger partial charge in [-0.25, -0.2) is 4.79 Å². The van der Waals surface area contributed by atoms with Crippen molar-refractivity contribution in [2.24, 2.45) is 5.73 Å². The Morgan fingerprint density at radius 3 is 2.61 bits per heavy atom. The second-order valence-electron chi connectivity index (χ2n) is 5.09. The van der Waals surface area contributed by atoms with Crippen LogP contribution in [0, 0.1) is 0 Å². The van der Waals surface area contributed by atoms with Crippen LogP contribution < -0.4 is 11.1 Å². The van der Waals surface area contributed by atoms with Crippen LogP contribution in [-0.2, 0) is 20.1 Å². The quantitative estimate of drug-likeness (QED) is 0.571. The summed E-state index contributed by atoms with van der Waals surface area (Å²) in [7, 11) is 0. The van der Waals surface area contributed by atoms with Crippen molar-refractivity contribution in [2.45, 2.75) is 37.8 Å². The molecule has 0 heterocycles. The normalized spacial score (nSPS) is 14.6. The summed E-state index contributed by atoms with van der Waals surface area (Å²) in [5.41, 5.74) is 7.00. The molecule has 1 aromatic rings. The van der Waals surface area contributed by atoms with Crippen molar-refractivity contribution in [3.63, 3.8) is 0 Å². The third-order valence-corrected chi connectivity index (χ3v) is 4.25. The van der Waals surface area contributed by atoms with Gasteiger partial charge >= 0.3 is 5.97 Å². The molecule has 7 heteroatoms. The van der Waals surface area contributed by atoms with Crippen molar-refractivity contribution in [2.75, 3.05) is 12.4 Å². The Kier molecular flexibility index (Phi) is 8.68. The van der Waals surface area contributed by atoms with Gasteiger partial charge in [-0.1, -0.05) is 30.3 Å². The molecule has 4 N–H and O–H groups in total. The summed E-state index contributed by atoms with van der Waals surface area (Å²) in [6.45, 7) is 3.41. The number of benzene rings is 1. The molecule has 1 amide bonds. The summed E-state index contributed by atoms with van der Waals surface area (Å²) in [5, 5.41) is 12.3. The Morgan fingerprint density at radius 1 is 1.35 bits per heavy atom. The predicted octanol–water partition coefficient (Wildman–Crippen LogP) is 0.676. The smallest absolute Gasteiger partial charge is 0.328 e. The minimum atomic E-state index is -1.37. The SMILES string of the molecule is CCOC(=O)C(C)NC(=O)[C@@H](O)C(N)CSCc1ccccc1. The van der Waals surface area contributed by atoms with Crippen molar-refractivity contribution >= 4 is 23.6 Å². The number of nitrogens with one attached hydrogen (secondary N) is 1. The first kappa shape index (κ1) is 19.5. The Labute approximate surface area is 140 Å². The first-order chi connectivity index (χ1) is 11.0. The van der Waals surface area contributed by atoms with Gasteiger partial charge in [0.15, 0.2) is 0 Å². The molecule has 2 unspecified atom stereocenters. The van der Waals surface area contributed by atoms with E-state index in [2.05, 4.69) is 5.32 Å². The van der Waals surface area contributed by atoms with Crippen molar-refractivity contribution in [1.82, 2.24) is 5.32 Å². The van der Waals surface area contributed by atoms with Crippen LogP contribution in [-0.4, -0.2) is 47.5 Å². The van der Waals surface area contributed by atoms with E-state index in [1.807, 2.05) is 30.3 Å². The summed E-state index contributed by atoms with van der Waals surface area (Å²) in [5.74, 6) is -0.0298. The van der Waals surface area contributed by atoms with E-state index >= 15 is 0 Å². The average molecular weight is 340 g/mol. The molecule has 0 radical (unpaired) electrons. The van der Waals surface area contributed by atoms with Crippen LogP contribution >= 0.6 is 11.8 Å². The fourth-order valence-electron chi connectivity index (χ4n) is 1.80. The molecule has 0 spiro atoms. The molecule has 0 aliphatic carbocycles. The van der Waals surface area contributed by atoms with Gasteiger partial charge in [0.2, 0.25) is 0 Å². The third kappa shape index (κ3) is 7.02. The number of thioether (sulfide) groups is 1. The van der Waals surface area contributed by atoms with Crippen LogP contribution in [0.3, 0.4) is 0 Å². The number of rotatable bonds is 9. The van der Waals surface area contributed by atoms with E-state index in [0.717, 1.165) is 11.3 Å². The summed E-state index contributed by atoms with van der Waals surface area (Å²) < 4.78 is 4.79. The lowest BCUT2D eigenvalue weighted by atomic mass is 10.2. The van der Waals surface area contributed by atoms with Gasteiger partial charge in [0.25, 0.3) is 5.91 Å². The number of aliphatic hydroxyl groups excluding tert-OH is 1. The van der Waals surface area contributed by atoms with Crippen molar-refractivity contribution in [3.8, 4) is 0 Å². The summed E-state index contributed by atoms with van der Waals surface area (Å²) >= 11 is 1.54. The molecule has 1 aromatic carbocycles. The van der Waals surface area contributed by atoms with Gasteiger partial charge < -0.3 is 20.9 Å². The second kappa shape index (κ2) is 10.3. The molecule has 0 saturated carbocycles. The van der Waals surface area contributed by atoms with Crippen LogP contribution in [0.15, 0.2) is 30.3 Å². The van der Waals surface area contributed by atoms with Crippen LogP contribution in [0.4, 0.5) is 0 Å². The van der Waals surface area contributed by atoms with E-state index < -0.39 is 30.1 Å². The standard InChI is InChI=1S/C16H24N2O4S/c1-3-22-16(21)11(2)18-15(20)14(19)13(17)10-23-9-12-7-5-4-6-8-12/h4-8,11,13-14,19H,3,9-10,17H2,1-2H3,(H,18,20)/t11?,13?,14-/m0/s1. The number of ether oxygens (including phenoxy) is 1. The molecule has 23 heavy (non-hydrogen) atoms. The van der Waals surface area contributed by atoms with Gasteiger partial charge in [-0.3, -0.25) is 4.79 Å². The highest BCUT2D eigenvalue weighted by Gasteiger charge is 2.26. The number of nitrogens with two attached hydrogens (primary N) is 1. The van der Waals surface area contributed by atoms with Crippen molar-refractivity contribution in [1.29, 1.82) is 0 Å². The molecule has 3 atom stereocenters. The Hall–Kier alpha value is -1.57. The van der Waals surface area contributed by atoms with Gasteiger partial charge in [-0.05, 0) is 19.4 Å². The number of hydrogen-bond donors (Lipinski definition) is 3. The minimum Gasteiger partial charge on any atom is -0.464 e. The number of carbonyl (C=O) groups is 2. The predicted molar refractivity (Wildman–Crippen MR) is 90.8 cm³/mol. The van der Waals surface area contributed by atoms with Crippen LogP contribution in [0.5, 0.6) is 0 Å². The maximum atomic E-state index is 11.9. The monoisotopic (exact) mass is 340 g/mol. The zero-order valence-electron chi connectivity index (χ0n) is 13.4. The number of amides is 1. The zero-order valence-corrected chi connectivity index (χ0v) is 14.2. The lowest BCUT2D eigenvalue weighted by molar-refractivity contribution is -0.148. The van der Waals surface area contributed by atoms with E-state index in [-0.39, 0.29) is 6.61 Å². The highest BCUT2D eigenvalue weighted by molar-refractivity contribution is 7.98. The molecule has 1 rings (SSSR count). The van der Waals surface area contributed by atoms with E-state index in [1.165, 1.54) is 18.7 Å². The highest BCUT2D eigenvalue weighted by Crippen LogP contribution is 2.13. The van der Waals surface area contributed by atoms with Crippen LogP contribution in [0.25, 0.3) is 0 Å². The fourth-order valence-corrected chi connectivity index (χ4v) is 2.80. The average Bonchev–Trinajstić information content (AvgIpc) is 2.55. The molecule has 0 aliphatic heterocycles. The van der Waals surface area contributed by atoms with E-state index in [0.29, 0.717) is 5.75 Å². The number of esters is 1. The van der Waals surface area contributed by atoms with Gasteiger partial charge in [-0.2, -0.15) is 11.8 Å².